The van der Waals surface area contributed by atoms with Gasteiger partial charge in [-0.1, -0.05) is 13.3 Å². The summed E-state index contributed by atoms with van der Waals surface area (Å²) in [6, 6.07) is 0. The SMILES string of the molecule is CC(CN)CN1CCCCC1(C)C. The summed E-state index contributed by atoms with van der Waals surface area (Å²) in [5.41, 5.74) is 6.06. The lowest BCUT2D eigenvalue weighted by atomic mass is 9.89. The molecule has 78 valence electrons. The molecule has 2 heteroatoms. The number of rotatable bonds is 3. The second kappa shape index (κ2) is 4.43. The molecule has 0 aromatic carbocycles. The highest BCUT2D eigenvalue weighted by Crippen LogP contribution is 2.27. The molecule has 13 heavy (non-hydrogen) atoms. The number of nitrogens with two attached hydrogens (primary N) is 1. The first-order valence-electron chi connectivity index (χ1n) is 5.51. The number of hydrogen-bond donors (Lipinski definition) is 1. The zero-order valence-corrected chi connectivity index (χ0v) is 9.34. The Morgan fingerprint density at radius 2 is 2.08 bits per heavy atom. The molecule has 2 N–H and O–H groups in total. The second-order valence-electron chi connectivity index (χ2n) is 5.06. The molecule has 1 atom stereocenters. The largest absolute Gasteiger partial charge is 0.330 e. The molecule has 2 nitrogen and oxygen atoms in total. The van der Waals surface area contributed by atoms with E-state index in [4.69, 9.17) is 5.73 Å². The third-order valence-corrected chi connectivity index (χ3v) is 3.26. The van der Waals surface area contributed by atoms with Gasteiger partial charge in [-0.3, -0.25) is 4.90 Å². The topological polar surface area (TPSA) is 29.3 Å². The van der Waals surface area contributed by atoms with Crippen molar-refractivity contribution in [1.29, 1.82) is 0 Å². The van der Waals surface area contributed by atoms with Crippen LogP contribution in [-0.4, -0.2) is 30.1 Å². The van der Waals surface area contributed by atoms with Crippen LogP contribution in [0.15, 0.2) is 0 Å². The van der Waals surface area contributed by atoms with E-state index < -0.39 is 0 Å². The van der Waals surface area contributed by atoms with Crippen molar-refractivity contribution in [3.8, 4) is 0 Å². The van der Waals surface area contributed by atoms with E-state index in [9.17, 15) is 0 Å². The summed E-state index contributed by atoms with van der Waals surface area (Å²) in [5.74, 6) is 0.636. The van der Waals surface area contributed by atoms with Crippen molar-refractivity contribution in [1.82, 2.24) is 4.90 Å². The monoisotopic (exact) mass is 184 g/mol. The number of nitrogens with zero attached hydrogens (tertiary/aromatic N) is 1. The molecule has 1 saturated heterocycles. The molecule has 0 spiro atoms. The molecule has 0 aromatic rings. The minimum Gasteiger partial charge on any atom is -0.330 e. The van der Waals surface area contributed by atoms with E-state index >= 15 is 0 Å². The van der Waals surface area contributed by atoms with E-state index in [1.54, 1.807) is 0 Å². The highest BCUT2D eigenvalue weighted by molar-refractivity contribution is 4.86. The molecule has 1 aliphatic rings. The van der Waals surface area contributed by atoms with E-state index in [1.807, 2.05) is 0 Å². The predicted molar refractivity (Wildman–Crippen MR) is 57.7 cm³/mol. The number of likely N-dealkylation sites (tertiary alicyclic amines) is 1. The fourth-order valence-electron chi connectivity index (χ4n) is 2.11. The van der Waals surface area contributed by atoms with Gasteiger partial charge in [-0.25, -0.2) is 0 Å². The van der Waals surface area contributed by atoms with Crippen LogP contribution in [0.25, 0.3) is 0 Å². The van der Waals surface area contributed by atoms with Gasteiger partial charge in [0.1, 0.15) is 0 Å². The number of piperidine rings is 1. The van der Waals surface area contributed by atoms with Crippen molar-refractivity contribution in [2.45, 2.75) is 45.6 Å². The lowest BCUT2D eigenvalue weighted by Gasteiger charge is -2.43. The quantitative estimate of drug-likeness (QED) is 0.725. The third-order valence-electron chi connectivity index (χ3n) is 3.26. The summed E-state index contributed by atoms with van der Waals surface area (Å²) in [6.45, 7) is 10.2. The van der Waals surface area contributed by atoms with E-state index in [-0.39, 0.29) is 0 Å². The summed E-state index contributed by atoms with van der Waals surface area (Å²) in [7, 11) is 0. The van der Waals surface area contributed by atoms with Crippen LogP contribution < -0.4 is 5.73 Å². The summed E-state index contributed by atoms with van der Waals surface area (Å²) in [4.78, 5) is 2.61. The molecule has 0 saturated carbocycles. The van der Waals surface area contributed by atoms with Crippen molar-refractivity contribution in [2.24, 2.45) is 11.7 Å². The van der Waals surface area contributed by atoms with Crippen LogP contribution in [0, 0.1) is 5.92 Å². The van der Waals surface area contributed by atoms with E-state index in [0.717, 1.165) is 6.54 Å². The molecule has 0 aromatic heterocycles. The van der Waals surface area contributed by atoms with Gasteiger partial charge in [0.25, 0.3) is 0 Å². The summed E-state index contributed by atoms with van der Waals surface area (Å²) in [6.07, 6.45) is 4.09. The Bertz CT molecular complexity index is 154. The Labute approximate surface area is 82.5 Å². The summed E-state index contributed by atoms with van der Waals surface area (Å²) >= 11 is 0. The molecule has 0 radical (unpaired) electrons. The minimum atomic E-state index is 0.404. The van der Waals surface area contributed by atoms with E-state index in [2.05, 4.69) is 25.7 Å². The first-order valence-corrected chi connectivity index (χ1v) is 5.51. The van der Waals surface area contributed by atoms with Gasteiger partial charge >= 0.3 is 0 Å². The van der Waals surface area contributed by atoms with Crippen LogP contribution in [0.5, 0.6) is 0 Å². The zero-order valence-electron chi connectivity index (χ0n) is 9.34. The lowest BCUT2D eigenvalue weighted by Crippen LogP contribution is -2.49. The van der Waals surface area contributed by atoms with Crippen LogP contribution in [0.2, 0.25) is 0 Å². The van der Waals surface area contributed by atoms with Crippen molar-refractivity contribution < 1.29 is 0 Å². The first-order chi connectivity index (χ1) is 6.06. The fourth-order valence-corrected chi connectivity index (χ4v) is 2.11. The average Bonchev–Trinajstić information content (AvgIpc) is 2.08. The van der Waals surface area contributed by atoms with Crippen molar-refractivity contribution >= 4 is 0 Å². The first kappa shape index (κ1) is 11.0. The Kier molecular flexibility index (Phi) is 3.74. The Morgan fingerprint density at radius 3 is 2.62 bits per heavy atom. The smallest absolute Gasteiger partial charge is 0.0153 e. The molecule has 0 amide bonds. The second-order valence-corrected chi connectivity index (χ2v) is 5.06. The van der Waals surface area contributed by atoms with Crippen LogP contribution in [0.4, 0.5) is 0 Å². The maximum atomic E-state index is 5.65. The van der Waals surface area contributed by atoms with Crippen LogP contribution in [0.1, 0.15) is 40.0 Å². The Balaban J connectivity index is 2.46. The molecule has 0 bridgehead atoms. The van der Waals surface area contributed by atoms with Crippen LogP contribution in [0.3, 0.4) is 0 Å². The van der Waals surface area contributed by atoms with Gasteiger partial charge in [0.2, 0.25) is 0 Å². The maximum Gasteiger partial charge on any atom is 0.0153 e. The molecule has 1 rings (SSSR count). The Hall–Kier alpha value is -0.0800. The summed E-state index contributed by atoms with van der Waals surface area (Å²) < 4.78 is 0. The van der Waals surface area contributed by atoms with Gasteiger partial charge in [0.05, 0.1) is 0 Å². The molecule has 0 aliphatic carbocycles. The van der Waals surface area contributed by atoms with Gasteiger partial charge in [-0.05, 0) is 45.7 Å². The van der Waals surface area contributed by atoms with E-state index in [0.29, 0.717) is 11.5 Å². The van der Waals surface area contributed by atoms with E-state index in [1.165, 1.54) is 32.4 Å². The lowest BCUT2D eigenvalue weighted by molar-refractivity contribution is 0.0638. The molecule has 1 aliphatic heterocycles. The molecular formula is C11H24N2. The number of hydrogen-bond acceptors (Lipinski definition) is 2. The van der Waals surface area contributed by atoms with Crippen molar-refractivity contribution in [3.05, 3.63) is 0 Å². The average molecular weight is 184 g/mol. The van der Waals surface area contributed by atoms with Gasteiger partial charge in [0.15, 0.2) is 0 Å². The molecule has 1 unspecified atom stereocenters. The van der Waals surface area contributed by atoms with Crippen LogP contribution >= 0.6 is 0 Å². The zero-order chi connectivity index (χ0) is 9.90. The maximum absolute atomic E-state index is 5.65. The minimum absolute atomic E-state index is 0.404. The Morgan fingerprint density at radius 1 is 1.38 bits per heavy atom. The fraction of sp³-hybridized carbons (Fsp3) is 1.00. The molecule has 1 fully saturated rings. The van der Waals surface area contributed by atoms with Gasteiger partial charge < -0.3 is 5.73 Å². The van der Waals surface area contributed by atoms with Gasteiger partial charge in [-0.2, -0.15) is 0 Å². The highest BCUT2D eigenvalue weighted by Gasteiger charge is 2.29. The molecule has 1 heterocycles. The normalized spacial score (nSPS) is 25.8. The van der Waals surface area contributed by atoms with Gasteiger partial charge in [0, 0.05) is 12.1 Å². The summed E-state index contributed by atoms with van der Waals surface area (Å²) in [5, 5.41) is 0. The van der Waals surface area contributed by atoms with Crippen molar-refractivity contribution in [3.63, 3.8) is 0 Å². The molecular weight excluding hydrogens is 160 g/mol. The highest BCUT2D eigenvalue weighted by atomic mass is 15.2. The predicted octanol–water partition coefficient (Wildman–Crippen LogP) is 1.85. The third kappa shape index (κ3) is 2.96. The standard InChI is InChI=1S/C11H24N2/c1-10(8-12)9-13-7-5-4-6-11(13,2)3/h10H,4-9,12H2,1-3H3. The van der Waals surface area contributed by atoms with Crippen molar-refractivity contribution in [2.75, 3.05) is 19.6 Å². The van der Waals surface area contributed by atoms with Gasteiger partial charge in [-0.15, -0.1) is 0 Å². The van der Waals surface area contributed by atoms with Crippen LogP contribution in [-0.2, 0) is 0 Å².